The predicted molar refractivity (Wildman–Crippen MR) is 95.3 cm³/mol. The molecule has 0 saturated heterocycles. The van der Waals surface area contributed by atoms with Crippen LogP contribution in [0.25, 0.3) is 0 Å². The van der Waals surface area contributed by atoms with E-state index in [-0.39, 0.29) is 29.4 Å². The highest BCUT2D eigenvalue weighted by atomic mass is 16.5. The predicted octanol–water partition coefficient (Wildman–Crippen LogP) is 3.94. The van der Waals surface area contributed by atoms with E-state index >= 15 is 0 Å². The molecule has 1 amide bonds. The van der Waals surface area contributed by atoms with Gasteiger partial charge in [-0.15, -0.1) is 0 Å². The monoisotopic (exact) mass is 341 g/mol. The average molecular weight is 341 g/mol. The van der Waals surface area contributed by atoms with Crippen molar-refractivity contribution >= 4 is 11.7 Å². The molecule has 4 heteroatoms. The average Bonchev–Trinajstić information content (AvgIpc) is 3.16. The standard InChI is InChI=1S/C21H27NO3/c1-14-15(8-9-18(14)23)12-20(24)22-17-13-21(10-4-5-11-21)25-19-7-3-2-6-16(17)19/h2-3,6-7,14-15,17H,4-5,8-13H2,1H3,(H,22,24). The van der Waals surface area contributed by atoms with Gasteiger partial charge in [0.15, 0.2) is 0 Å². The molecule has 1 aromatic rings. The highest BCUT2D eigenvalue weighted by Gasteiger charge is 2.43. The zero-order valence-electron chi connectivity index (χ0n) is 14.9. The largest absolute Gasteiger partial charge is 0.487 e. The fourth-order valence-electron chi connectivity index (χ4n) is 4.91. The third kappa shape index (κ3) is 3.19. The van der Waals surface area contributed by atoms with Gasteiger partial charge in [0.25, 0.3) is 0 Å². The van der Waals surface area contributed by atoms with Gasteiger partial charge in [-0.25, -0.2) is 0 Å². The van der Waals surface area contributed by atoms with Gasteiger partial charge in [0.1, 0.15) is 17.1 Å². The summed E-state index contributed by atoms with van der Waals surface area (Å²) < 4.78 is 6.36. The Morgan fingerprint density at radius 3 is 2.76 bits per heavy atom. The van der Waals surface area contributed by atoms with Crippen molar-refractivity contribution in [2.75, 3.05) is 0 Å². The molecule has 3 aliphatic rings. The molecule has 1 N–H and O–H groups in total. The van der Waals surface area contributed by atoms with Gasteiger partial charge in [0.2, 0.25) is 5.91 Å². The van der Waals surface area contributed by atoms with Crippen LogP contribution < -0.4 is 10.1 Å². The van der Waals surface area contributed by atoms with Crippen molar-refractivity contribution < 1.29 is 14.3 Å². The highest BCUT2D eigenvalue weighted by molar-refractivity contribution is 5.85. The van der Waals surface area contributed by atoms with Crippen LogP contribution in [0.4, 0.5) is 0 Å². The molecule has 2 fully saturated rings. The molecule has 0 radical (unpaired) electrons. The van der Waals surface area contributed by atoms with Crippen LogP contribution in [0.2, 0.25) is 0 Å². The number of para-hydroxylation sites is 1. The second kappa shape index (κ2) is 6.47. The number of nitrogens with one attached hydrogen (secondary N) is 1. The van der Waals surface area contributed by atoms with Crippen LogP contribution in [-0.4, -0.2) is 17.3 Å². The minimum Gasteiger partial charge on any atom is -0.487 e. The number of amides is 1. The minimum absolute atomic E-state index is 0.0166. The van der Waals surface area contributed by atoms with Gasteiger partial charge in [-0.2, -0.15) is 0 Å². The Morgan fingerprint density at radius 1 is 1.28 bits per heavy atom. The number of carbonyl (C=O) groups excluding carboxylic acids is 2. The zero-order chi connectivity index (χ0) is 17.4. The number of ether oxygens (including phenoxy) is 1. The Morgan fingerprint density at radius 2 is 2.04 bits per heavy atom. The van der Waals surface area contributed by atoms with Crippen LogP contribution >= 0.6 is 0 Å². The van der Waals surface area contributed by atoms with E-state index in [9.17, 15) is 9.59 Å². The van der Waals surface area contributed by atoms with Crippen molar-refractivity contribution in [2.24, 2.45) is 11.8 Å². The molecule has 3 unspecified atom stereocenters. The number of rotatable bonds is 3. The Bertz CT molecular complexity index is 677. The molecule has 25 heavy (non-hydrogen) atoms. The Kier molecular flexibility index (Phi) is 4.30. The van der Waals surface area contributed by atoms with E-state index in [0.717, 1.165) is 37.0 Å². The van der Waals surface area contributed by atoms with Gasteiger partial charge in [-0.05, 0) is 44.1 Å². The summed E-state index contributed by atoms with van der Waals surface area (Å²) in [6, 6.07) is 8.10. The number of hydrogen-bond acceptors (Lipinski definition) is 3. The Balaban J connectivity index is 1.49. The van der Waals surface area contributed by atoms with Gasteiger partial charge < -0.3 is 10.1 Å². The van der Waals surface area contributed by atoms with Crippen LogP contribution in [0.5, 0.6) is 5.75 Å². The lowest BCUT2D eigenvalue weighted by Crippen LogP contribution is -2.43. The maximum Gasteiger partial charge on any atom is 0.220 e. The molecule has 1 spiro atoms. The van der Waals surface area contributed by atoms with E-state index in [2.05, 4.69) is 11.4 Å². The van der Waals surface area contributed by atoms with E-state index in [1.54, 1.807) is 0 Å². The van der Waals surface area contributed by atoms with E-state index in [1.807, 2.05) is 25.1 Å². The Labute approximate surface area is 149 Å². The smallest absolute Gasteiger partial charge is 0.220 e. The number of hydrogen-bond donors (Lipinski definition) is 1. The third-order valence-electron chi connectivity index (χ3n) is 6.47. The highest BCUT2D eigenvalue weighted by Crippen LogP contribution is 2.47. The van der Waals surface area contributed by atoms with Crippen LogP contribution in [0, 0.1) is 11.8 Å². The SMILES string of the molecule is CC1C(=O)CCC1CC(=O)NC1CC2(CCCC2)Oc2ccccc21. The van der Waals surface area contributed by atoms with Crippen molar-refractivity contribution in [3.8, 4) is 5.75 Å². The fourth-order valence-corrected chi connectivity index (χ4v) is 4.91. The number of ketones is 1. The minimum atomic E-state index is -0.108. The molecule has 1 aliphatic heterocycles. The van der Waals surface area contributed by atoms with E-state index in [4.69, 9.17) is 4.74 Å². The molecule has 0 aromatic heterocycles. The normalized spacial score (nSPS) is 30.1. The van der Waals surface area contributed by atoms with Gasteiger partial charge in [0, 0.05) is 30.7 Å². The molecule has 2 saturated carbocycles. The van der Waals surface area contributed by atoms with Crippen LogP contribution in [0.1, 0.15) is 69.9 Å². The summed E-state index contributed by atoms with van der Waals surface area (Å²) in [7, 11) is 0. The molecule has 1 heterocycles. The first-order valence-electron chi connectivity index (χ1n) is 9.66. The summed E-state index contributed by atoms with van der Waals surface area (Å²) in [6.07, 6.45) is 7.33. The van der Waals surface area contributed by atoms with Crippen molar-refractivity contribution in [1.29, 1.82) is 0 Å². The molecule has 4 nitrogen and oxygen atoms in total. The van der Waals surface area contributed by atoms with Gasteiger partial charge in [0.05, 0.1) is 6.04 Å². The van der Waals surface area contributed by atoms with Crippen LogP contribution in [0.3, 0.4) is 0 Å². The lowest BCUT2D eigenvalue weighted by molar-refractivity contribution is -0.124. The molecule has 4 rings (SSSR count). The molecular weight excluding hydrogens is 314 g/mol. The van der Waals surface area contributed by atoms with Gasteiger partial charge in [-0.1, -0.05) is 25.1 Å². The van der Waals surface area contributed by atoms with Crippen molar-refractivity contribution in [1.82, 2.24) is 5.32 Å². The van der Waals surface area contributed by atoms with Crippen molar-refractivity contribution in [3.05, 3.63) is 29.8 Å². The first-order valence-corrected chi connectivity index (χ1v) is 9.66. The van der Waals surface area contributed by atoms with E-state index in [0.29, 0.717) is 18.6 Å². The number of fused-ring (bicyclic) bond motifs is 1. The summed E-state index contributed by atoms with van der Waals surface area (Å²) in [5.41, 5.74) is 0.979. The second-order valence-electron chi connectivity index (χ2n) is 8.11. The van der Waals surface area contributed by atoms with E-state index < -0.39 is 0 Å². The zero-order valence-corrected chi connectivity index (χ0v) is 14.9. The first kappa shape index (κ1) is 16.6. The number of benzene rings is 1. The third-order valence-corrected chi connectivity index (χ3v) is 6.47. The summed E-state index contributed by atoms with van der Waals surface area (Å²) in [5, 5.41) is 3.26. The van der Waals surface area contributed by atoms with Crippen molar-refractivity contribution in [2.45, 2.75) is 69.9 Å². The van der Waals surface area contributed by atoms with Crippen LogP contribution in [-0.2, 0) is 9.59 Å². The molecular formula is C21H27NO3. The quantitative estimate of drug-likeness (QED) is 0.906. The summed E-state index contributed by atoms with van der Waals surface area (Å²) >= 11 is 0. The van der Waals surface area contributed by atoms with Gasteiger partial charge >= 0.3 is 0 Å². The summed E-state index contributed by atoms with van der Waals surface area (Å²) in [4.78, 5) is 24.4. The molecule has 3 atom stereocenters. The Hall–Kier alpha value is -1.84. The molecule has 1 aromatic carbocycles. The molecule has 2 aliphatic carbocycles. The molecule has 134 valence electrons. The summed E-state index contributed by atoms with van der Waals surface area (Å²) in [6.45, 7) is 1.96. The fraction of sp³-hybridized carbons (Fsp3) is 0.619. The summed E-state index contributed by atoms with van der Waals surface area (Å²) in [5.74, 6) is 1.52. The lowest BCUT2D eigenvalue weighted by atomic mass is 9.85. The second-order valence-corrected chi connectivity index (χ2v) is 8.11. The van der Waals surface area contributed by atoms with Crippen molar-refractivity contribution in [3.63, 3.8) is 0 Å². The number of Topliss-reactive ketones (excluding diaryl/α,β-unsaturated/α-hetero) is 1. The number of carbonyl (C=O) groups is 2. The van der Waals surface area contributed by atoms with E-state index in [1.165, 1.54) is 12.8 Å². The molecule has 0 bridgehead atoms. The lowest BCUT2D eigenvalue weighted by Gasteiger charge is -2.40. The maximum absolute atomic E-state index is 12.7. The maximum atomic E-state index is 12.7. The topological polar surface area (TPSA) is 55.4 Å². The van der Waals surface area contributed by atoms with Gasteiger partial charge in [-0.3, -0.25) is 9.59 Å². The van der Waals surface area contributed by atoms with Crippen LogP contribution in [0.15, 0.2) is 24.3 Å². The first-order chi connectivity index (χ1) is 12.1.